The summed E-state index contributed by atoms with van der Waals surface area (Å²) in [6, 6.07) is 9.91. The number of aromatic hydroxyl groups is 2. The van der Waals surface area contributed by atoms with Gasteiger partial charge in [-0.05, 0) is 65.4 Å². The Morgan fingerprint density at radius 3 is 2.45 bits per heavy atom. The van der Waals surface area contributed by atoms with E-state index in [2.05, 4.69) is 22.6 Å². The van der Waals surface area contributed by atoms with Crippen molar-refractivity contribution in [1.29, 1.82) is 0 Å². The van der Waals surface area contributed by atoms with Gasteiger partial charge in [-0.2, -0.15) is 0 Å². The number of phenols is 2. The monoisotopic (exact) mass is 384 g/mol. The fourth-order valence-corrected chi connectivity index (χ4v) is 2.03. The van der Waals surface area contributed by atoms with Crippen LogP contribution in [-0.2, 0) is 0 Å². The van der Waals surface area contributed by atoms with Gasteiger partial charge < -0.3 is 14.9 Å². The predicted molar refractivity (Wildman–Crippen MR) is 83.5 cm³/mol. The summed E-state index contributed by atoms with van der Waals surface area (Å²) in [5.41, 5.74) is 0.672. The molecule has 0 spiro atoms. The SMILES string of the molecule is Cc1cc(C(=O)COc2ccc(I)cc2)c(O)cc1O. The van der Waals surface area contributed by atoms with E-state index in [9.17, 15) is 15.0 Å². The van der Waals surface area contributed by atoms with Gasteiger partial charge >= 0.3 is 0 Å². The van der Waals surface area contributed by atoms with Gasteiger partial charge in [0.15, 0.2) is 6.61 Å². The number of hydrogen-bond acceptors (Lipinski definition) is 4. The van der Waals surface area contributed by atoms with Crippen molar-refractivity contribution in [1.82, 2.24) is 0 Å². The van der Waals surface area contributed by atoms with E-state index in [-0.39, 0.29) is 29.5 Å². The molecule has 0 amide bonds. The highest BCUT2D eigenvalue weighted by molar-refractivity contribution is 14.1. The number of carbonyl (C=O) groups is 1. The van der Waals surface area contributed by atoms with Crippen LogP contribution in [0.5, 0.6) is 17.2 Å². The molecule has 0 aliphatic rings. The summed E-state index contributed by atoms with van der Waals surface area (Å²) in [4.78, 5) is 12.0. The van der Waals surface area contributed by atoms with Crippen LogP contribution in [0.2, 0.25) is 0 Å². The van der Waals surface area contributed by atoms with Crippen LogP contribution >= 0.6 is 22.6 Å². The molecule has 2 rings (SSSR count). The summed E-state index contributed by atoms with van der Waals surface area (Å²) >= 11 is 2.18. The Labute approximate surface area is 130 Å². The van der Waals surface area contributed by atoms with E-state index < -0.39 is 0 Å². The molecule has 0 heterocycles. The highest BCUT2D eigenvalue weighted by Gasteiger charge is 2.14. The lowest BCUT2D eigenvalue weighted by molar-refractivity contribution is 0.0918. The molecule has 0 aromatic heterocycles. The Hall–Kier alpha value is -1.76. The lowest BCUT2D eigenvalue weighted by atomic mass is 10.1. The highest BCUT2D eigenvalue weighted by atomic mass is 127. The first-order valence-electron chi connectivity index (χ1n) is 5.91. The minimum Gasteiger partial charge on any atom is -0.508 e. The maximum Gasteiger partial charge on any atom is 0.203 e. The Bertz CT molecular complexity index is 635. The van der Waals surface area contributed by atoms with Crippen LogP contribution in [0, 0.1) is 10.5 Å². The number of ether oxygens (including phenoxy) is 1. The quantitative estimate of drug-likeness (QED) is 0.627. The minimum absolute atomic E-state index is 0.0439. The van der Waals surface area contributed by atoms with Crippen LogP contribution < -0.4 is 4.74 Å². The third-order valence-electron chi connectivity index (χ3n) is 2.80. The van der Waals surface area contributed by atoms with Crippen molar-refractivity contribution in [2.75, 3.05) is 6.61 Å². The topological polar surface area (TPSA) is 66.8 Å². The zero-order chi connectivity index (χ0) is 14.7. The van der Waals surface area contributed by atoms with Crippen molar-refractivity contribution in [3.8, 4) is 17.2 Å². The van der Waals surface area contributed by atoms with Gasteiger partial charge in [-0.3, -0.25) is 4.79 Å². The van der Waals surface area contributed by atoms with Gasteiger partial charge in [0, 0.05) is 9.64 Å². The number of halogens is 1. The summed E-state index contributed by atoms with van der Waals surface area (Å²) < 4.78 is 6.45. The van der Waals surface area contributed by atoms with E-state index in [4.69, 9.17) is 4.74 Å². The van der Waals surface area contributed by atoms with Gasteiger partial charge in [0.05, 0.1) is 5.56 Å². The van der Waals surface area contributed by atoms with Gasteiger partial charge in [-0.1, -0.05) is 0 Å². The molecular formula is C15H13IO4. The van der Waals surface area contributed by atoms with Crippen LogP contribution in [-0.4, -0.2) is 22.6 Å². The fourth-order valence-electron chi connectivity index (χ4n) is 1.67. The van der Waals surface area contributed by atoms with Crippen molar-refractivity contribution in [2.24, 2.45) is 0 Å². The van der Waals surface area contributed by atoms with E-state index in [1.807, 2.05) is 12.1 Å². The maximum atomic E-state index is 12.0. The first-order chi connectivity index (χ1) is 9.47. The van der Waals surface area contributed by atoms with Crippen molar-refractivity contribution in [3.63, 3.8) is 0 Å². The van der Waals surface area contributed by atoms with Gasteiger partial charge in [0.2, 0.25) is 5.78 Å². The van der Waals surface area contributed by atoms with Gasteiger partial charge in [-0.15, -0.1) is 0 Å². The molecule has 0 saturated carbocycles. The van der Waals surface area contributed by atoms with E-state index in [0.29, 0.717) is 11.3 Å². The Balaban J connectivity index is 2.09. The average molecular weight is 384 g/mol. The molecule has 104 valence electrons. The fraction of sp³-hybridized carbons (Fsp3) is 0.133. The van der Waals surface area contributed by atoms with Crippen LogP contribution in [0.4, 0.5) is 0 Å². The van der Waals surface area contributed by atoms with Gasteiger partial charge in [0.25, 0.3) is 0 Å². The number of benzene rings is 2. The molecule has 20 heavy (non-hydrogen) atoms. The second kappa shape index (κ2) is 6.13. The Morgan fingerprint density at radius 1 is 1.15 bits per heavy atom. The summed E-state index contributed by atoms with van der Waals surface area (Å²) in [7, 11) is 0. The smallest absolute Gasteiger partial charge is 0.203 e. The molecule has 0 fully saturated rings. The third-order valence-corrected chi connectivity index (χ3v) is 3.52. The predicted octanol–water partition coefficient (Wildman–Crippen LogP) is 3.27. The van der Waals surface area contributed by atoms with E-state index in [0.717, 1.165) is 9.64 Å². The second-order valence-corrected chi connectivity index (χ2v) is 5.57. The van der Waals surface area contributed by atoms with Crippen molar-refractivity contribution in [2.45, 2.75) is 6.92 Å². The molecule has 0 saturated heterocycles. The lowest BCUT2D eigenvalue weighted by Crippen LogP contribution is -2.12. The van der Waals surface area contributed by atoms with E-state index >= 15 is 0 Å². The zero-order valence-electron chi connectivity index (χ0n) is 10.8. The van der Waals surface area contributed by atoms with Crippen LogP contribution in [0.15, 0.2) is 36.4 Å². The van der Waals surface area contributed by atoms with Crippen molar-refractivity contribution < 1.29 is 19.7 Å². The molecule has 0 unspecified atom stereocenters. The van der Waals surface area contributed by atoms with E-state index in [1.165, 1.54) is 6.07 Å². The first kappa shape index (κ1) is 14.6. The lowest BCUT2D eigenvalue weighted by Gasteiger charge is -2.08. The van der Waals surface area contributed by atoms with Crippen LogP contribution in [0.3, 0.4) is 0 Å². The molecular weight excluding hydrogens is 371 g/mol. The number of phenolic OH excluding ortho intramolecular Hbond substituents is 2. The summed E-state index contributed by atoms with van der Waals surface area (Å²) in [6.45, 7) is 1.49. The number of Topliss-reactive ketones (excluding diaryl/α,β-unsaturated/α-hetero) is 1. The Morgan fingerprint density at radius 2 is 1.80 bits per heavy atom. The number of aryl methyl sites for hydroxylation is 1. The molecule has 0 bridgehead atoms. The molecule has 2 aromatic rings. The zero-order valence-corrected chi connectivity index (χ0v) is 12.9. The molecule has 0 aliphatic carbocycles. The summed E-state index contributed by atoms with van der Waals surface area (Å²) in [5.74, 6) is -0.0418. The third kappa shape index (κ3) is 3.41. The normalized spacial score (nSPS) is 10.3. The van der Waals surface area contributed by atoms with Crippen molar-refractivity contribution in [3.05, 3.63) is 51.1 Å². The second-order valence-electron chi connectivity index (χ2n) is 4.32. The standard InChI is InChI=1S/C15H13IO4/c1-9-6-12(14(18)7-13(9)17)15(19)8-20-11-4-2-10(16)3-5-11/h2-7,17-18H,8H2,1H3. The average Bonchev–Trinajstić information content (AvgIpc) is 2.42. The molecule has 2 aromatic carbocycles. The molecule has 0 atom stereocenters. The summed E-state index contributed by atoms with van der Waals surface area (Å²) in [6.07, 6.45) is 0. The molecule has 0 radical (unpaired) electrons. The van der Waals surface area contributed by atoms with Crippen LogP contribution in [0.25, 0.3) is 0 Å². The molecule has 2 N–H and O–H groups in total. The molecule has 5 heteroatoms. The number of rotatable bonds is 4. The number of ketones is 1. The highest BCUT2D eigenvalue weighted by Crippen LogP contribution is 2.27. The minimum atomic E-state index is -0.343. The number of carbonyl (C=O) groups excluding carboxylic acids is 1. The Kier molecular flexibility index (Phi) is 4.49. The largest absolute Gasteiger partial charge is 0.508 e. The number of hydrogen-bond donors (Lipinski definition) is 2. The maximum absolute atomic E-state index is 12.0. The van der Waals surface area contributed by atoms with Crippen molar-refractivity contribution >= 4 is 28.4 Å². The molecule has 4 nitrogen and oxygen atoms in total. The van der Waals surface area contributed by atoms with Gasteiger partial charge in [-0.25, -0.2) is 0 Å². The first-order valence-corrected chi connectivity index (χ1v) is 6.99. The summed E-state index contributed by atoms with van der Waals surface area (Å²) in [5, 5.41) is 19.1. The molecule has 0 aliphatic heterocycles. The van der Waals surface area contributed by atoms with Gasteiger partial charge in [0.1, 0.15) is 17.2 Å². The van der Waals surface area contributed by atoms with E-state index in [1.54, 1.807) is 19.1 Å². The van der Waals surface area contributed by atoms with Crippen LogP contribution in [0.1, 0.15) is 15.9 Å².